The predicted molar refractivity (Wildman–Crippen MR) is 76.2 cm³/mol. The molecular formula is C15H26N2. The summed E-state index contributed by atoms with van der Waals surface area (Å²) in [6.07, 6.45) is 2.46. The lowest BCUT2D eigenvalue weighted by Gasteiger charge is -2.33. The van der Waals surface area contributed by atoms with Crippen LogP contribution in [-0.2, 0) is 0 Å². The number of nitrogen functional groups attached to an aromatic ring is 1. The molecule has 3 N–H and O–H groups in total. The van der Waals surface area contributed by atoms with Crippen LogP contribution in [0.15, 0.2) is 24.3 Å². The van der Waals surface area contributed by atoms with Gasteiger partial charge in [-0.2, -0.15) is 0 Å². The van der Waals surface area contributed by atoms with Gasteiger partial charge in [-0.1, -0.05) is 26.0 Å². The van der Waals surface area contributed by atoms with Gasteiger partial charge in [0.2, 0.25) is 0 Å². The minimum Gasteiger partial charge on any atom is -0.399 e. The van der Waals surface area contributed by atoms with Crippen molar-refractivity contribution in [2.45, 2.75) is 58.5 Å². The molecule has 0 bridgehead atoms. The molecule has 2 heteroatoms. The van der Waals surface area contributed by atoms with Crippen molar-refractivity contribution in [2.24, 2.45) is 0 Å². The molecule has 1 aliphatic rings. The molecule has 0 saturated carbocycles. The molecule has 1 saturated heterocycles. The first-order valence-corrected chi connectivity index (χ1v) is 6.76. The summed E-state index contributed by atoms with van der Waals surface area (Å²) in [5.41, 5.74) is 7.99. The zero-order chi connectivity index (χ0) is 12.8. The largest absolute Gasteiger partial charge is 0.399 e. The highest BCUT2D eigenvalue weighted by atomic mass is 14.9. The number of hydrogen-bond acceptors (Lipinski definition) is 2. The van der Waals surface area contributed by atoms with Crippen LogP contribution in [0.2, 0.25) is 0 Å². The van der Waals surface area contributed by atoms with Gasteiger partial charge in [0, 0.05) is 17.8 Å². The molecule has 0 spiro atoms. The summed E-state index contributed by atoms with van der Waals surface area (Å²) < 4.78 is 0. The van der Waals surface area contributed by atoms with Crippen LogP contribution in [0.1, 0.15) is 52.0 Å². The Bertz CT molecular complexity index is 308. The Morgan fingerprint density at radius 3 is 1.94 bits per heavy atom. The van der Waals surface area contributed by atoms with Gasteiger partial charge in [-0.05, 0) is 50.3 Å². The topological polar surface area (TPSA) is 38.0 Å². The molecule has 1 aromatic rings. The van der Waals surface area contributed by atoms with Crippen LogP contribution in [0.5, 0.6) is 0 Å². The van der Waals surface area contributed by atoms with Crippen molar-refractivity contribution in [3.05, 3.63) is 29.8 Å². The van der Waals surface area contributed by atoms with Gasteiger partial charge in [-0.25, -0.2) is 0 Å². The van der Waals surface area contributed by atoms with Gasteiger partial charge >= 0.3 is 0 Å². The molecular weight excluding hydrogens is 208 g/mol. The summed E-state index contributed by atoms with van der Waals surface area (Å²) in [7, 11) is 0. The van der Waals surface area contributed by atoms with E-state index in [0.29, 0.717) is 18.0 Å². The highest BCUT2D eigenvalue weighted by molar-refractivity contribution is 5.40. The molecule has 0 amide bonds. The van der Waals surface area contributed by atoms with E-state index in [0.717, 1.165) is 5.69 Å². The number of hydrogen-bond donors (Lipinski definition) is 2. The summed E-state index contributed by atoms with van der Waals surface area (Å²) in [5.74, 6) is 0.692. The second-order valence-corrected chi connectivity index (χ2v) is 4.80. The van der Waals surface area contributed by atoms with Gasteiger partial charge in [0.15, 0.2) is 0 Å². The van der Waals surface area contributed by atoms with Crippen LogP contribution in [0.25, 0.3) is 0 Å². The summed E-state index contributed by atoms with van der Waals surface area (Å²) in [6.45, 7) is 8.53. The van der Waals surface area contributed by atoms with E-state index in [1.54, 1.807) is 0 Å². The second kappa shape index (κ2) is 6.65. The maximum Gasteiger partial charge on any atom is 0.0314 e. The summed E-state index contributed by atoms with van der Waals surface area (Å²) in [5, 5.41) is 3.57. The highest BCUT2D eigenvalue weighted by Gasteiger charge is 2.23. The summed E-state index contributed by atoms with van der Waals surface area (Å²) >= 11 is 0. The Balaban J connectivity index is 0.000000686. The van der Waals surface area contributed by atoms with Crippen LogP contribution in [-0.4, -0.2) is 12.1 Å². The van der Waals surface area contributed by atoms with Crippen molar-refractivity contribution in [1.82, 2.24) is 5.32 Å². The Morgan fingerprint density at radius 1 is 1.00 bits per heavy atom. The summed E-state index contributed by atoms with van der Waals surface area (Å²) in [6, 6.07) is 9.60. The molecule has 0 aliphatic carbocycles. The monoisotopic (exact) mass is 234 g/mol. The molecule has 96 valence electrons. The molecule has 2 rings (SSSR count). The van der Waals surface area contributed by atoms with Gasteiger partial charge in [0.25, 0.3) is 0 Å². The first kappa shape index (κ1) is 14.0. The van der Waals surface area contributed by atoms with Gasteiger partial charge in [-0.3, -0.25) is 0 Å². The maximum absolute atomic E-state index is 5.70. The minimum atomic E-state index is 0.622. The zero-order valence-electron chi connectivity index (χ0n) is 11.5. The van der Waals surface area contributed by atoms with Crippen molar-refractivity contribution in [3.8, 4) is 0 Å². The third-order valence-electron chi connectivity index (χ3n) is 3.25. The normalized spacial score (nSPS) is 28.1. The van der Waals surface area contributed by atoms with Gasteiger partial charge in [0.1, 0.15) is 0 Å². The molecule has 17 heavy (non-hydrogen) atoms. The number of benzene rings is 1. The van der Waals surface area contributed by atoms with Crippen LogP contribution >= 0.6 is 0 Å². The lowest BCUT2D eigenvalue weighted by atomic mass is 9.84. The highest BCUT2D eigenvalue weighted by Crippen LogP contribution is 2.30. The van der Waals surface area contributed by atoms with Crippen molar-refractivity contribution in [2.75, 3.05) is 5.73 Å². The van der Waals surface area contributed by atoms with Crippen molar-refractivity contribution < 1.29 is 0 Å². The van der Waals surface area contributed by atoms with Crippen molar-refractivity contribution >= 4 is 5.69 Å². The third kappa shape index (κ3) is 4.04. The number of piperidine rings is 1. The van der Waals surface area contributed by atoms with Crippen LogP contribution in [0.3, 0.4) is 0 Å². The molecule has 1 aromatic carbocycles. The first-order chi connectivity index (χ1) is 8.15. The van der Waals surface area contributed by atoms with Gasteiger partial charge in [-0.15, -0.1) is 0 Å². The molecule has 1 aliphatic heterocycles. The number of rotatable bonds is 1. The van der Waals surface area contributed by atoms with E-state index in [-0.39, 0.29) is 0 Å². The number of anilines is 1. The Labute approximate surface area is 106 Å². The predicted octanol–water partition coefficient (Wildman–Crippen LogP) is 3.54. The van der Waals surface area contributed by atoms with E-state index in [4.69, 9.17) is 5.73 Å². The Hall–Kier alpha value is -1.02. The van der Waals surface area contributed by atoms with E-state index in [2.05, 4.69) is 31.3 Å². The SMILES string of the molecule is CC.C[C@@H]1CC(c2ccc(N)cc2)C[C@H](C)N1. The summed E-state index contributed by atoms with van der Waals surface area (Å²) in [4.78, 5) is 0. The average molecular weight is 234 g/mol. The van der Waals surface area contributed by atoms with Crippen molar-refractivity contribution in [1.29, 1.82) is 0 Å². The van der Waals surface area contributed by atoms with Gasteiger partial charge in [0.05, 0.1) is 0 Å². The quantitative estimate of drug-likeness (QED) is 0.729. The standard InChI is InChI=1S/C13H20N2.C2H6/c1-9-7-12(8-10(2)15-9)11-3-5-13(14)6-4-11;1-2/h3-6,9-10,12,15H,7-8,14H2,1-2H3;1-2H3/t9-,10+,12?;. The van der Waals surface area contributed by atoms with E-state index >= 15 is 0 Å². The van der Waals surface area contributed by atoms with E-state index in [1.165, 1.54) is 18.4 Å². The lowest BCUT2D eigenvalue weighted by Crippen LogP contribution is -2.41. The molecule has 1 fully saturated rings. The van der Waals surface area contributed by atoms with Crippen LogP contribution in [0.4, 0.5) is 5.69 Å². The third-order valence-corrected chi connectivity index (χ3v) is 3.25. The Morgan fingerprint density at radius 2 is 1.47 bits per heavy atom. The number of nitrogens with two attached hydrogens (primary N) is 1. The van der Waals surface area contributed by atoms with Gasteiger partial charge < -0.3 is 11.1 Å². The minimum absolute atomic E-state index is 0.622. The van der Waals surface area contributed by atoms with Crippen LogP contribution in [0, 0.1) is 0 Å². The zero-order valence-corrected chi connectivity index (χ0v) is 11.5. The Kier molecular flexibility index (Phi) is 5.49. The van der Waals surface area contributed by atoms with E-state index in [9.17, 15) is 0 Å². The lowest BCUT2D eigenvalue weighted by molar-refractivity contribution is 0.317. The van der Waals surface area contributed by atoms with Crippen molar-refractivity contribution in [3.63, 3.8) is 0 Å². The molecule has 2 nitrogen and oxygen atoms in total. The fraction of sp³-hybridized carbons (Fsp3) is 0.600. The molecule has 3 atom stereocenters. The maximum atomic E-state index is 5.70. The van der Waals surface area contributed by atoms with E-state index in [1.807, 2.05) is 26.0 Å². The molecule has 0 radical (unpaired) electrons. The fourth-order valence-corrected chi connectivity index (χ4v) is 2.61. The first-order valence-electron chi connectivity index (χ1n) is 6.76. The fourth-order valence-electron chi connectivity index (χ4n) is 2.61. The molecule has 1 heterocycles. The van der Waals surface area contributed by atoms with Crippen LogP contribution < -0.4 is 11.1 Å². The average Bonchev–Trinajstić information content (AvgIpc) is 2.31. The van der Waals surface area contributed by atoms with E-state index < -0.39 is 0 Å². The molecule has 0 aromatic heterocycles. The molecule has 1 unspecified atom stereocenters. The smallest absolute Gasteiger partial charge is 0.0314 e. The number of nitrogens with one attached hydrogen (secondary N) is 1. The second-order valence-electron chi connectivity index (χ2n) is 4.80.